The zero-order valence-electron chi connectivity index (χ0n) is 32.9. The third kappa shape index (κ3) is 9.93. The summed E-state index contributed by atoms with van der Waals surface area (Å²) in [5, 5.41) is 0.678. The summed E-state index contributed by atoms with van der Waals surface area (Å²) in [4.78, 5) is 27.6. The van der Waals surface area contributed by atoms with E-state index >= 15 is 0 Å². The molecular weight excluding hydrogens is 720 g/mol. The monoisotopic (exact) mass is 780 g/mol. The second-order valence-corrected chi connectivity index (χ2v) is 23.1. The van der Waals surface area contributed by atoms with Crippen LogP contribution in [0.25, 0.3) is 0 Å². The van der Waals surface area contributed by atoms with E-state index in [0.717, 1.165) is 12.0 Å². The minimum absolute atomic E-state index is 0.0304. The molecule has 286 valence electrons. The molecule has 2 unspecified atom stereocenters. The van der Waals surface area contributed by atoms with Crippen LogP contribution >= 0.6 is 23.2 Å². The number of ether oxygens (including phenoxy) is 3. The van der Waals surface area contributed by atoms with Crippen molar-refractivity contribution in [3.63, 3.8) is 0 Å². The van der Waals surface area contributed by atoms with E-state index in [1.807, 2.05) is 6.92 Å². The predicted molar refractivity (Wildman–Crippen MR) is 212 cm³/mol. The zero-order chi connectivity index (χ0) is 38.1. The Morgan fingerprint density at radius 2 is 1.67 bits per heavy atom. The molecule has 0 aromatic heterocycles. The van der Waals surface area contributed by atoms with Crippen molar-refractivity contribution in [2.45, 2.75) is 144 Å². The molecule has 0 bridgehead atoms. The standard InChI is InChI=1S/C40H62Cl2O7Si2/c1-13-31(46-35-29(41)15-14-16-30(35)42)36(43)47-32-22-26(38(3,4)5)21-25-18-17-24(2)40(33(25)32,49-51(11)12)20-19-27-23-28(39(6,7)8)34(37(44)45-27)48-50(9)10/h14-18,21,24,26-28,31-34,50-51H,13,19-20,22-23H2,1-12H3/t24-,26+,27+,28-,31?,32-,33+,34?,40-/m0/s1. The number of allylic oxidation sites excluding steroid dienone is 2. The number of hydrogen-bond donors (Lipinski definition) is 0. The van der Waals surface area contributed by atoms with E-state index in [4.69, 9.17) is 46.3 Å². The molecule has 1 fully saturated rings. The van der Waals surface area contributed by atoms with Gasteiger partial charge in [0.2, 0.25) is 0 Å². The van der Waals surface area contributed by atoms with Gasteiger partial charge in [-0.2, -0.15) is 0 Å². The first-order valence-electron chi connectivity index (χ1n) is 18.9. The van der Waals surface area contributed by atoms with Gasteiger partial charge in [-0.15, -0.1) is 0 Å². The van der Waals surface area contributed by atoms with Crippen molar-refractivity contribution in [2.24, 2.45) is 34.5 Å². The highest BCUT2D eigenvalue weighted by Gasteiger charge is 2.55. The fourth-order valence-corrected chi connectivity index (χ4v) is 10.9. The summed E-state index contributed by atoms with van der Waals surface area (Å²) in [6.07, 6.45) is 7.75. The molecule has 2 aliphatic carbocycles. The minimum Gasteiger partial charge on any atom is -0.476 e. The molecule has 3 aliphatic rings. The maximum absolute atomic E-state index is 14.1. The third-order valence-corrected chi connectivity index (χ3v) is 13.3. The number of fused-ring (bicyclic) bond motifs is 1. The molecule has 1 aromatic carbocycles. The second-order valence-electron chi connectivity index (χ2n) is 17.6. The average Bonchev–Trinajstić information content (AvgIpc) is 3.01. The van der Waals surface area contributed by atoms with Crippen LogP contribution in [0.1, 0.15) is 87.5 Å². The molecule has 51 heavy (non-hydrogen) atoms. The molecule has 0 saturated carbocycles. The number of carbonyl (C=O) groups excluding carboxylic acids is 2. The second kappa shape index (κ2) is 16.8. The Balaban J connectivity index is 1.70. The molecule has 1 aliphatic heterocycles. The van der Waals surface area contributed by atoms with Crippen LogP contribution in [0.4, 0.5) is 0 Å². The van der Waals surface area contributed by atoms with Crippen LogP contribution in [-0.4, -0.2) is 60.0 Å². The number of benzene rings is 1. The first-order valence-corrected chi connectivity index (χ1v) is 25.2. The SMILES string of the molecule is CCC(Oc1c(Cl)cccc1Cl)C(=O)O[C@H]1C[C@H](C(C)(C)C)C=C2C=C[C@H](C)[C@](CC[C@@H]3C[C@H](C(C)(C)C)C(O[SiH](C)C)C(=O)O3)(O[SiH](C)C)[C@H]21. The molecule has 0 spiro atoms. The lowest BCUT2D eigenvalue weighted by Crippen LogP contribution is -2.58. The highest BCUT2D eigenvalue weighted by molar-refractivity contribution is 6.49. The van der Waals surface area contributed by atoms with Gasteiger partial charge in [-0.25, -0.2) is 9.59 Å². The summed E-state index contributed by atoms with van der Waals surface area (Å²) in [6.45, 7) is 25.9. The fourth-order valence-electron chi connectivity index (χ4n) is 8.17. The first kappa shape index (κ1) is 42.1. The van der Waals surface area contributed by atoms with Crippen LogP contribution in [0.3, 0.4) is 0 Å². The summed E-state index contributed by atoms with van der Waals surface area (Å²) in [7, 11) is -3.12. The maximum Gasteiger partial charge on any atom is 0.347 e. The van der Waals surface area contributed by atoms with Gasteiger partial charge in [-0.05, 0) is 92.7 Å². The van der Waals surface area contributed by atoms with Gasteiger partial charge in [0.25, 0.3) is 0 Å². The zero-order valence-corrected chi connectivity index (χ0v) is 36.7. The van der Waals surface area contributed by atoms with Gasteiger partial charge in [0.05, 0.1) is 15.6 Å². The lowest BCUT2D eigenvalue weighted by atomic mass is 9.59. The van der Waals surface area contributed by atoms with Gasteiger partial charge in [-0.1, -0.05) is 103 Å². The quantitative estimate of drug-likeness (QED) is 0.154. The molecule has 1 aromatic rings. The van der Waals surface area contributed by atoms with Crippen LogP contribution in [0.15, 0.2) is 42.0 Å². The Labute approximate surface area is 320 Å². The topological polar surface area (TPSA) is 80.3 Å². The minimum atomic E-state index is -1.64. The average molecular weight is 782 g/mol. The molecule has 0 N–H and O–H groups in total. The van der Waals surface area contributed by atoms with E-state index in [1.54, 1.807) is 18.2 Å². The highest BCUT2D eigenvalue weighted by Crippen LogP contribution is 2.53. The number of para-hydroxylation sites is 1. The van der Waals surface area contributed by atoms with Crippen molar-refractivity contribution >= 4 is 53.2 Å². The molecular formula is C40H62Cl2O7Si2. The largest absolute Gasteiger partial charge is 0.476 e. The van der Waals surface area contributed by atoms with Crippen LogP contribution in [0, 0.1) is 34.5 Å². The molecule has 9 atom stereocenters. The Kier molecular flexibility index (Phi) is 13.9. The van der Waals surface area contributed by atoms with Crippen molar-refractivity contribution in [1.29, 1.82) is 0 Å². The lowest BCUT2D eigenvalue weighted by molar-refractivity contribution is -0.180. The van der Waals surface area contributed by atoms with Crippen LogP contribution < -0.4 is 4.74 Å². The van der Waals surface area contributed by atoms with Gasteiger partial charge in [-0.3, -0.25) is 0 Å². The van der Waals surface area contributed by atoms with Gasteiger partial charge in [0.1, 0.15) is 18.3 Å². The molecule has 4 rings (SSSR count). The molecule has 0 radical (unpaired) electrons. The van der Waals surface area contributed by atoms with Crippen LogP contribution in [0.5, 0.6) is 5.75 Å². The van der Waals surface area contributed by atoms with Gasteiger partial charge in [0.15, 0.2) is 29.9 Å². The van der Waals surface area contributed by atoms with E-state index in [2.05, 4.69) is 92.9 Å². The van der Waals surface area contributed by atoms with E-state index in [0.29, 0.717) is 35.7 Å². The van der Waals surface area contributed by atoms with Crippen molar-refractivity contribution in [3.8, 4) is 5.75 Å². The van der Waals surface area contributed by atoms with Gasteiger partial charge >= 0.3 is 11.9 Å². The highest BCUT2D eigenvalue weighted by atomic mass is 35.5. The molecule has 11 heteroatoms. The molecule has 0 amide bonds. The van der Waals surface area contributed by atoms with E-state index in [1.165, 1.54) is 0 Å². The first-order chi connectivity index (χ1) is 23.7. The van der Waals surface area contributed by atoms with Crippen molar-refractivity contribution in [3.05, 3.63) is 52.0 Å². The van der Waals surface area contributed by atoms with E-state index in [9.17, 15) is 9.59 Å². The number of rotatable bonds is 12. The number of carbonyl (C=O) groups is 2. The number of hydrogen-bond acceptors (Lipinski definition) is 7. The third-order valence-electron chi connectivity index (χ3n) is 10.9. The Morgan fingerprint density at radius 1 is 1.02 bits per heavy atom. The predicted octanol–water partition coefficient (Wildman–Crippen LogP) is 9.74. The number of halogens is 2. The van der Waals surface area contributed by atoms with Gasteiger partial charge < -0.3 is 23.1 Å². The van der Waals surface area contributed by atoms with E-state index in [-0.39, 0.29) is 52.3 Å². The fraction of sp³-hybridized carbons (Fsp3) is 0.700. The Hall–Kier alpha value is -1.63. The van der Waals surface area contributed by atoms with Crippen molar-refractivity contribution < 1.29 is 32.7 Å². The maximum atomic E-state index is 14.1. The molecule has 7 nitrogen and oxygen atoms in total. The summed E-state index contributed by atoms with van der Waals surface area (Å²) in [5.74, 6) is -0.389. The summed E-state index contributed by atoms with van der Waals surface area (Å²) in [6, 6.07) is 5.12. The molecule has 1 heterocycles. The van der Waals surface area contributed by atoms with Crippen LogP contribution in [0.2, 0.25) is 36.2 Å². The summed E-state index contributed by atoms with van der Waals surface area (Å²) >= 11 is 12.9. The normalized spacial score (nSPS) is 30.5. The number of cyclic esters (lactones) is 1. The Bertz CT molecular complexity index is 1430. The number of esters is 2. The van der Waals surface area contributed by atoms with Crippen molar-refractivity contribution in [1.82, 2.24) is 0 Å². The van der Waals surface area contributed by atoms with E-state index < -0.39 is 48.0 Å². The Morgan fingerprint density at radius 3 is 2.22 bits per heavy atom. The molecule has 1 saturated heterocycles. The lowest BCUT2D eigenvalue weighted by Gasteiger charge is -2.54. The van der Waals surface area contributed by atoms with Crippen molar-refractivity contribution in [2.75, 3.05) is 0 Å². The summed E-state index contributed by atoms with van der Waals surface area (Å²) < 4.78 is 32.4. The summed E-state index contributed by atoms with van der Waals surface area (Å²) in [5.41, 5.74) is 0.291. The van der Waals surface area contributed by atoms with Crippen LogP contribution in [-0.2, 0) is 27.9 Å². The van der Waals surface area contributed by atoms with Gasteiger partial charge in [0, 0.05) is 17.8 Å². The smallest absolute Gasteiger partial charge is 0.347 e.